The van der Waals surface area contributed by atoms with Crippen LogP contribution in [0.3, 0.4) is 0 Å². The van der Waals surface area contributed by atoms with Crippen LogP contribution in [0.15, 0.2) is 66.7 Å². The number of nitrogens with one attached hydrogen (secondary N) is 1. The summed E-state index contributed by atoms with van der Waals surface area (Å²) in [4.78, 5) is 24.0. The Bertz CT molecular complexity index is 934. The zero-order valence-corrected chi connectivity index (χ0v) is 14.0. The van der Waals surface area contributed by atoms with E-state index in [0.717, 1.165) is 16.3 Å². The summed E-state index contributed by atoms with van der Waals surface area (Å²) in [5, 5.41) is 14.4. The van der Waals surface area contributed by atoms with Gasteiger partial charge in [0.25, 0.3) is 5.91 Å². The van der Waals surface area contributed by atoms with Gasteiger partial charge in [0.2, 0.25) is 0 Å². The van der Waals surface area contributed by atoms with Gasteiger partial charge in [-0.1, -0.05) is 66.2 Å². The molecule has 0 fully saturated rings. The van der Waals surface area contributed by atoms with Gasteiger partial charge in [-0.25, -0.2) is 4.79 Å². The highest BCUT2D eigenvalue weighted by molar-refractivity contribution is 6.33. The van der Waals surface area contributed by atoms with Crippen molar-refractivity contribution in [3.8, 4) is 0 Å². The number of carbonyl (C=O) groups is 2. The monoisotopic (exact) mass is 353 g/mol. The van der Waals surface area contributed by atoms with E-state index in [9.17, 15) is 14.7 Å². The lowest BCUT2D eigenvalue weighted by molar-refractivity contribution is -0.139. The number of amides is 1. The highest BCUT2D eigenvalue weighted by atomic mass is 35.5. The molecule has 4 nitrogen and oxygen atoms in total. The van der Waals surface area contributed by atoms with Crippen LogP contribution in [0, 0.1) is 0 Å². The van der Waals surface area contributed by atoms with Gasteiger partial charge in [0.15, 0.2) is 0 Å². The Morgan fingerprint density at radius 2 is 1.64 bits per heavy atom. The molecule has 0 saturated heterocycles. The van der Waals surface area contributed by atoms with Crippen LogP contribution in [0.25, 0.3) is 10.8 Å². The number of aliphatic carboxylic acids is 1. The van der Waals surface area contributed by atoms with Crippen LogP contribution in [0.1, 0.15) is 15.9 Å². The maximum Gasteiger partial charge on any atom is 0.326 e. The first-order chi connectivity index (χ1) is 12.1. The van der Waals surface area contributed by atoms with E-state index in [1.807, 2.05) is 42.5 Å². The van der Waals surface area contributed by atoms with Crippen molar-refractivity contribution in [3.63, 3.8) is 0 Å². The Kier molecular flexibility index (Phi) is 5.00. The van der Waals surface area contributed by atoms with Crippen molar-refractivity contribution < 1.29 is 14.7 Å². The summed E-state index contributed by atoms with van der Waals surface area (Å²) < 4.78 is 0. The summed E-state index contributed by atoms with van der Waals surface area (Å²) in [6.45, 7) is 0. The van der Waals surface area contributed by atoms with Gasteiger partial charge >= 0.3 is 5.97 Å². The highest BCUT2D eigenvalue weighted by Crippen LogP contribution is 2.20. The Morgan fingerprint density at radius 3 is 2.40 bits per heavy atom. The minimum absolute atomic E-state index is 0.187. The molecule has 0 spiro atoms. The normalized spacial score (nSPS) is 11.9. The summed E-state index contributed by atoms with van der Waals surface area (Å²) >= 11 is 6.01. The molecule has 126 valence electrons. The number of carbonyl (C=O) groups excluding carboxylic acids is 1. The van der Waals surface area contributed by atoms with Gasteiger partial charge in [-0.2, -0.15) is 0 Å². The van der Waals surface area contributed by atoms with E-state index < -0.39 is 17.9 Å². The standard InChI is InChI=1S/C20H16ClNO3/c21-17-11-4-3-10-16(17)19(23)22-18(20(24)25)12-14-8-5-7-13-6-1-2-9-15(13)14/h1-11,18H,12H2,(H,22,23)(H,24,25)/t18-/m1/s1. The molecule has 25 heavy (non-hydrogen) atoms. The quantitative estimate of drug-likeness (QED) is 0.730. The number of carboxylic acids is 1. The van der Waals surface area contributed by atoms with Gasteiger partial charge < -0.3 is 10.4 Å². The molecule has 0 radical (unpaired) electrons. The molecule has 0 saturated carbocycles. The van der Waals surface area contributed by atoms with E-state index in [0.29, 0.717) is 0 Å². The third-order valence-electron chi connectivity index (χ3n) is 4.03. The summed E-state index contributed by atoms with van der Waals surface area (Å²) in [5.41, 5.74) is 1.12. The molecule has 0 aromatic heterocycles. The fraction of sp³-hybridized carbons (Fsp3) is 0.100. The molecule has 0 bridgehead atoms. The molecule has 0 aliphatic carbocycles. The van der Waals surface area contributed by atoms with Crippen molar-refractivity contribution in [3.05, 3.63) is 82.9 Å². The van der Waals surface area contributed by atoms with Crippen molar-refractivity contribution >= 4 is 34.2 Å². The van der Waals surface area contributed by atoms with E-state index in [1.54, 1.807) is 24.3 Å². The predicted octanol–water partition coefficient (Wildman–Crippen LogP) is 3.92. The topological polar surface area (TPSA) is 66.4 Å². The van der Waals surface area contributed by atoms with Crippen molar-refractivity contribution in [1.29, 1.82) is 0 Å². The Balaban J connectivity index is 1.86. The lowest BCUT2D eigenvalue weighted by Crippen LogP contribution is -2.42. The van der Waals surface area contributed by atoms with Crippen LogP contribution >= 0.6 is 11.6 Å². The molecule has 0 aliphatic heterocycles. The van der Waals surface area contributed by atoms with E-state index in [-0.39, 0.29) is 17.0 Å². The fourth-order valence-corrected chi connectivity index (χ4v) is 2.99. The smallest absolute Gasteiger partial charge is 0.326 e. The van der Waals surface area contributed by atoms with Crippen LogP contribution in [0.4, 0.5) is 0 Å². The molecule has 5 heteroatoms. The van der Waals surface area contributed by atoms with Crippen LogP contribution in [0.5, 0.6) is 0 Å². The van der Waals surface area contributed by atoms with Crippen molar-refractivity contribution in [2.45, 2.75) is 12.5 Å². The number of hydrogen-bond acceptors (Lipinski definition) is 2. The summed E-state index contributed by atoms with van der Waals surface area (Å²) in [6, 6.07) is 19.0. The van der Waals surface area contributed by atoms with E-state index in [2.05, 4.69) is 5.32 Å². The van der Waals surface area contributed by atoms with E-state index in [4.69, 9.17) is 11.6 Å². The first-order valence-electron chi connectivity index (χ1n) is 7.81. The van der Waals surface area contributed by atoms with Gasteiger partial charge in [-0.3, -0.25) is 4.79 Å². The average molecular weight is 354 g/mol. The SMILES string of the molecule is O=C(N[C@H](Cc1cccc2ccccc12)C(=O)O)c1ccccc1Cl. The minimum Gasteiger partial charge on any atom is -0.480 e. The molecule has 1 atom stereocenters. The summed E-state index contributed by atoms with van der Waals surface area (Å²) in [7, 11) is 0. The number of halogens is 1. The highest BCUT2D eigenvalue weighted by Gasteiger charge is 2.22. The summed E-state index contributed by atoms with van der Waals surface area (Å²) in [5.74, 6) is -1.59. The second kappa shape index (κ2) is 7.36. The molecule has 0 aliphatic rings. The Hall–Kier alpha value is -2.85. The first-order valence-corrected chi connectivity index (χ1v) is 8.19. The largest absolute Gasteiger partial charge is 0.480 e. The van der Waals surface area contributed by atoms with Crippen molar-refractivity contribution in [2.75, 3.05) is 0 Å². The maximum absolute atomic E-state index is 12.4. The zero-order chi connectivity index (χ0) is 17.8. The van der Waals surface area contributed by atoms with Gasteiger partial charge in [0, 0.05) is 6.42 Å². The molecule has 0 unspecified atom stereocenters. The number of rotatable bonds is 5. The van der Waals surface area contributed by atoms with Gasteiger partial charge in [0.05, 0.1) is 10.6 Å². The van der Waals surface area contributed by atoms with Crippen molar-refractivity contribution in [1.82, 2.24) is 5.32 Å². The molecule has 0 heterocycles. The molecule has 3 aromatic rings. The first kappa shape index (κ1) is 17.0. The van der Waals surface area contributed by atoms with Crippen LogP contribution in [-0.4, -0.2) is 23.0 Å². The molecule has 1 amide bonds. The Labute approximate surface area is 150 Å². The third kappa shape index (κ3) is 3.80. The maximum atomic E-state index is 12.4. The predicted molar refractivity (Wildman–Crippen MR) is 98.0 cm³/mol. The van der Waals surface area contributed by atoms with Gasteiger partial charge in [0.1, 0.15) is 6.04 Å². The molecule has 3 aromatic carbocycles. The van der Waals surface area contributed by atoms with E-state index in [1.165, 1.54) is 0 Å². The molecule has 2 N–H and O–H groups in total. The molecular weight excluding hydrogens is 338 g/mol. The fourth-order valence-electron chi connectivity index (χ4n) is 2.77. The lowest BCUT2D eigenvalue weighted by atomic mass is 9.98. The number of fused-ring (bicyclic) bond motifs is 1. The average Bonchev–Trinajstić information content (AvgIpc) is 2.61. The summed E-state index contributed by atoms with van der Waals surface area (Å²) in [6.07, 6.45) is 0.187. The molecule has 3 rings (SSSR count). The lowest BCUT2D eigenvalue weighted by Gasteiger charge is -2.16. The second-order valence-corrected chi connectivity index (χ2v) is 6.09. The van der Waals surface area contributed by atoms with Gasteiger partial charge in [-0.15, -0.1) is 0 Å². The van der Waals surface area contributed by atoms with Crippen LogP contribution < -0.4 is 5.32 Å². The minimum atomic E-state index is -1.09. The van der Waals surface area contributed by atoms with Crippen molar-refractivity contribution in [2.24, 2.45) is 0 Å². The zero-order valence-electron chi connectivity index (χ0n) is 13.3. The van der Waals surface area contributed by atoms with E-state index >= 15 is 0 Å². The number of carboxylic acid groups (broad SMARTS) is 1. The molecular formula is C20H16ClNO3. The van der Waals surface area contributed by atoms with Crippen LogP contribution in [-0.2, 0) is 11.2 Å². The van der Waals surface area contributed by atoms with Crippen LogP contribution in [0.2, 0.25) is 5.02 Å². The number of benzene rings is 3. The van der Waals surface area contributed by atoms with Gasteiger partial charge in [-0.05, 0) is 28.5 Å². The third-order valence-corrected chi connectivity index (χ3v) is 4.36. The Morgan fingerprint density at radius 1 is 0.960 bits per heavy atom. The number of hydrogen-bond donors (Lipinski definition) is 2. The second-order valence-electron chi connectivity index (χ2n) is 5.69.